The molecule has 1 aliphatic heterocycles. The van der Waals surface area contributed by atoms with Crippen LogP contribution in [-0.2, 0) is 14.3 Å². The van der Waals surface area contributed by atoms with Crippen LogP contribution < -0.4 is 9.64 Å². The lowest BCUT2D eigenvalue weighted by Gasteiger charge is -2.18. The van der Waals surface area contributed by atoms with Crippen molar-refractivity contribution in [2.45, 2.75) is 18.9 Å². The summed E-state index contributed by atoms with van der Waals surface area (Å²) in [7, 11) is 1.54. The maximum Gasteiger partial charge on any atom is 0.339 e. The Balaban J connectivity index is 1.36. The van der Waals surface area contributed by atoms with E-state index in [1.165, 1.54) is 24.1 Å². The van der Waals surface area contributed by atoms with Crippen molar-refractivity contribution in [3.63, 3.8) is 0 Å². The first-order chi connectivity index (χ1) is 18.0. The summed E-state index contributed by atoms with van der Waals surface area (Å²) in [6.07, 6.45) is 3.83. The Morgan fingerprint density at radius 1 is 0.784 bits per heavy atom. The standard InChI is InChI=1S/C30H25NO6/c1-36-23-17-13-19(14-18-23)26(32)27(20-7-3-2-4-8-20)37-30(35)21-11-15-22(16-12-21)31-28(33)24-9-5-6-10-25(24)29(31)34/h2-8,11-18,24-25,27H,9-10H2,1H3/t24-,25-,27-/m0/s1. The molecular formula is C30H25NO6. The summed E-state index contributed by atoms with van der Waals surface area (Å²) in [5, 5.41) is 0. The molecule has 0 bridgehead atoms. The smallest absolute Gasteiger partial charge is 0.339 e. The van der Waals surface area contributed by atoms with E-state index in [-0.39, 0.29) is 35.0 Å². The molecule has 3 aromatic rings. The number of ketones is 1. The third kappa shape index (κ3) is 4.68. The van der Waals surface area contributed by atoms with Crippen LogP contribution in [0.25, 0.3) is 0 Å². The Labute approximate surface area is 214 Å². The number of amides is 2. The van der Waals surface area contributed by atoms with Gasteiger partial charge in [-0.05, 0) is 61.4 Å². The molecule has 37 heavy (non-hydrogen) atoms. The highest BCUT2D eigenvalue weighted by Crippen LogP contribution is 2.37. The number of carbonyl (C=O) groups excluding carboxylic acids is 4. The number of allylic oxidation sites excluding steroid dienone is 2. The molecule has 0 aromatic heterocycles. The maximum absolute atomic E-state index is 13.3. The van der Waals surface area contributed by atoms with Crippen LogP contribution in [0.1, 0.15) is 45.2 Å². The topological polar surface area (TPSA) is 90.0 Å². The van der Waals surface area contributed by atoms with Crippen LogP contribution in [0.2, 0.25) is 0 Å². The summed E-state index contributed by atoms with van der Waals surface area (Å²) in [5.41, 5.74) is 1.53. The van der Waals surface area contributed by atoms with Crippen molar-refractivity contribution in [1.29, 1.82) is 0 Å². The molecule has 0 spiro atoms. The average molecular weight is 496 g/mol. The van der Waals surface area contributed by atoms with Crippen LogP contribution in [0.15, 0.2) is 91.0 Å². The summed E-state index contributed by atoms with van der Waals surface area (Å²) in [4.78, 5) is 53.3. The van der Waals surface area contributed by atoms with Crippen LogP contribution in [0.4, 0.5) is 5.69 Å². The molecule has 1 fully saturated rings. The van der Waals surface area contributed by atoms with Gasteiger partial charge in [0.2, 0.25) is 17.6 Å². The number of hydrogen-bond acceptors (Lipinski definition) is 6. The summed E-state index contributed by atoms with van der Waals surface area (Å²) < 4.78 is 10.9. The van der Waals surface area contributed by atoms with Crippen molar-refractivity contribution in [2.75, 3.05) is 12.0 Å². The fourth-order valence-corrected chi connectivity index (χ4v) is 4.78. The average Bonchev–Trinajstić information content (AvgIpc) is 3.21. The lowest BCUT2D eigenvalue weighted by atomic mass is 9.85. The van der Waals surface area contributed by atoms with E-state index < -0.39 is 12.1 Å². The number of ether oxygens (including phenoxy) is 2. The number of Topliss-reactive ketones (excluding diaryl/α,β-unsaturated/α-hetero) is 1. The van der Waals surface area contributed by atoms with Gasteiger partial charge in [0.05, 0.1) is 30.2 Å². The van der Waals surface area contributed by atoms with Crippen LogP contribution >= 0.6 is 0 Å². The highest BCUT2D eigenvalue weighted by Gasteiger charge is 2.47. The van der Waals surface area contributed by atoms with Gasteiger partial charge in [-0.3, -0.25) is 19.3 Å². The molecule has 7 nitrogen and oxygen atoms in total. The quantitative estimate of drug-likeness (QED) is 0.200. The minimum absolute atomic E-state index is 0.199. The number of benzene rings is 3. The van der Waals surface area contributed by atoms with Crippen LogP contribution in [0.3, 0.4) is 0 Å². The Morgan fingerprint density at radius 2 is 1.35 bits per heavy atom. The van der Waals surface area contributed by atoms with Gasteiger partial charge in [0.1, 0.15) is 5.75 Å². The van der Waals surface area contributed by atoms with E-state index in [1.54, 1.807) is 60.7 Å². The molecule has 5 rings (SSSR count). The normalized spacial score (nSPS) is 19.3. The van der Waals surface area contributed by atoms with E-state index in [4.69, 9.17) is 9.47 Å². The Hall–Kier alpha value is -4.52. The van der Waals surface area contributed by atoms with Crippen LogP contribution in [0.5, 0.6) is 5.75 Å². The molecule has 3 atom stereocenters. The molecule has 3 aromatic carbocycles. The van der Waals surface area contributed by atoms with Gasteiger partial charge in [-0.1, -0.05) is 42.5 Å². The molecule has 0 saturated carbocycles. The molecule has 1 saturated heterocycles. The van der Waals surface area contributed by atoms with Gasteiger partial charge in [0, 0.05) is 11.1 Å². The van der Waals surface area contributed by atoms with Crippen LogP contribution in [-0.4, -0.2) is 30.7 Å². The van der Waals surface area contributed by atoms with Crippen molar-refractivity contribution in [1.82, 2.24) is 0 Å². The van der Waals surface area contributed by atoms with E-state index >= 15 is 0 Å². The first-order valence-electron chi connectivity index (χ1n) is 12.0. The minimum atomic E-state index is -1.15. The second-order valence-electron chi connectivity index (χ2n) is 9.00. The highest BCUT2D eigenvalue weighted by atomic mass is 16.5. The molecule has 1 heterocycles. The van der Waals surface area contributed by atoms with Crippen molar-refractivity contribution in [3.8, 4) is 5.75 Å². The van der Waals surface area contributed by atoms with Crippen LogP contribution in [0, 0.1) is 11.8 Å². The number of imide groups is 1. The van der Waals surface area contributed by atoms with Crippen molar-refractivity contribution < 1.29 is 28.7 Å². The largest absolute Gasteiger partial charge is 0.497 e. The highest BCUT2D eigenvalue weighted by molar-refractivity contribution is 6.22. The molecule has 2 aliphatic rings. The number of nitrogens with zero attached hydrogens (tertiary/aromatic N) is 1. The monoisotopic (exact) mass is 495 g/mol. The maximum atomic E-state index is 13.3. The van der Waals surface area contributed by atoms with Crippen molar-refractivity contribution in [3.05, 3.63) is 108 Å². The van der Waals surface area contributed by atoms with Crippen molar-refractivity contribution in [2.24, 2.45) is 11.8 Å². The van der Waals surface area contributed by atoms with Gasteiger partial charge in [-0.25, -0.2) is 4.79 Å². The summed E-state index contributed by atoms with van der Waals surface area (Å²) in [6, 6.07) is 21.5. The zero-order valence-electron chi connectivity index (χ0n) is 20.2. The van der Waals surface area contributed by atoms with E-state index in [2.05, 4.69) is 0 Å². The van der Waals surface area contributed by atoms with Gasteiger partial charge < -0.3 is 9.47 Å². The van der Waals surface area contributed by atoms with Crippen molar-refractivity contribution >= 4 is 29.3 Å². The van der Waals surface area contributed by atoms with E-state index in [0.717, 1.165) is 0 Å². The van der Waals surface area contributed by atoms with E-state index in [9.17, 15) is 19.2 Å². The number of carbonyl (C=O) groups is 4. The van der Waals surface area contributed by atoms with Gasteiger partial charge in [0.15, 0.2) is 6.10 Å². The summed E-state index contributed by atoms with van der Waals surface area (Å²) in [5.74, 6) is -1.57. The molecule has 0 N–H and O–H groups in total. The third-order valence-corrected chi connectivity index (χ3v) is 6.81. The molecule has 0 unspecified atom stereocenters. The summed E-state index contributed by atoms with van der Waals surface area (Å²) in [6.45, 7) is 0. The molecule has 186 valence electrons. The Kier molecular flexibility index (Phi) is 6.68. The van der Waals surface area contributed by atoms with Gasteiger partial charge >= 0.3 is 5.97 Å². The zero-order chi connectivity index (χ0) is 25.9. The van der Waals surface area contributed by atoms with Gasteiger partial charge in [-0.15, -0.1) is 0 Å². The SMILES string of the molecule is COc1ccc(C(=O)[C@@H](OC(=O)c2ccc(N3C(=O)[C@H]4CC=CC[C@@H]4C3=O)cc2)c2ccccc2)cc1. The number of esters is 1. The molecular weight excluding hydrogens is 470 g/mol. The molecule has 2 amide bonds. The first-order valence-corrected chi connectivity index (χ1v) is 12.0. The number of rotatable bonds is 7. The fourth-order valence-electron chi connectivity index (χ4n) is 4.78. The second kappa shape index (κ2) is 10.2. The Bertz CT molecular complexity index is 1340. The molecule has 7 heteroatoms. The van der Waals surface area contributed by atoms with Gasteiger partial charge in [-0.2, -0.15) is 0 Å². The zero-order valence-corrected chi connectivity index (χ0v) is 20.2. The van der Waals surface area contributed by atoms with E-state index in [0.29, 0.717) is 35.4 Å². The number of methoxy groups -OCH3 is 1. The fraction of sp³-hybridized carbons (Fsp3) is 0.200. The summed E-state index contributed by atoms with van der Waals surface area (Å²) >= 11 is 0. The predicted molar refractivity (Wildman–Crippen MR) is 136 cm³/mol. The number of anilines is 1. The number of fused-ring (bicyclic) bond motifs is 1. The lowest BCUT2D eigenvalue weighted by molar-refractivity contribution is -0.122. The second-order valence-corrected chi connectivity index (χ2v) is 9.00. The predicted octanol–water partition coefficient (Wildman–Crippen LogP) is 4.93. The third-order valence-electron chi connectivity index (χ3n) is 6.81. The van der Waals surface area contributed by atoms with Gasteiger partial charge in [0.25, 0.3) is 0 Å². The Morgan fingerprint density at radius 3 is 1.92 bits per heavy atom. The molecule has 1 aliphatic carbocycles. The minimum Gasteiger partial charge on any atom is -0.497 e. The molecule has 0 radical (unpaired) electrons. The lowest BCUT2D eigenvalue weighted by Crippen LogP contribution is -2.30. The number of hydrogen-bond donors (Lipinski definition) is 0. The van der Waals surface area contributed by atoms with E-state index in [1.807, 2.05) is 18.2 Å². The first kappa shape index (κ1) is 24.2.